The molecule has 5 rings (SSSR count). The number of esters is 2. The fourth-order valence-electron chi connectivity index (χ4n) is 5.71. The number of thioether (sulfide) groups is 1. The van der Waals surface area contributed by atoms with Gasteiger partial charge in [-0.3, -0.25) is 9.32 Å². The van der Waals surface area contributed by atoms with Gasteiger partial charge in [-0.15, -0.1) is 11.8 Å². The molecule has 2 N–H and O–H groups in total. The van der Waals surface area contributed by atoms with Crippen molar-refractivity contribution in [1.29, 1.82) is 5.26 Å². The maximum absolute atomic E-state index is 16.0. The highest BCUT2D eigenvalue weighted by atomic mass is 32.2. The Hall–Kier alpha value is -5.12. The molecule has 0 spiro atoms. The molecular formula is C38H36F3N4O10PS. The number of hydrogen-bond donors (Lipinski definition) is 2. The number of hydrogen-bond acceptors (Lipinski definition) is 12. The van der Waals surface area contributed by atoms with Crippen LogP contribution < -0.4 is 0 Å². The topological polar surface area (TPSA) is 192 Å². The number of halogens is 3. The zero-order valence-electron chi connectivity index (χ0n) is 30.4. The van der Waals surface area contributed by atoms with Crippen molar-refractivity contribution in [1.82, 2.24) is 14.8 Å². The fourth-order valence-corrected chi connectivity index (χ4v) is 7.39. The fraction of sp³-hybridized carbons (Fsp3) is 0.289. The number of nitriles is 1. The Morgan fingerprint density at radius 1 is 1.09 bits per heavy atom. The second kappa shape index (κ2) is 19.4. The number of benzene rings is 3. The summed E-state index contributed by atoms with van der Waals surface area (Å²) >= 11 is 1.23. The van der Waals surface area contributed by atoms with Crippen LogP contribution in [0.1, 0.15) is 52.0 Å². The summed E-state index contributed by atoms with van der Waals surface area (Å²) in [4.78, 5) is 48.5. The van der Waals surface area contributed by atoms with Gasteiger partial charge in [0.2, 0.25) is 0 Å². The number of rotatable bonds is 16. The summed E-state index contributed by atoms with van der Waals surface area (Å²) in [6.45, 7) is 1.78. The lowest BCUT2D eigenvalue weighted by molar-refractivity contribution is -0.146. The van der Waals surface area contributed by atoms with Crippen LogP contribution in [0, 0.1) is 28.8 Å². The summed E-state index contributed by atoms with van der Waals surface area (Å²) in [5.74, 6) is -4.18. The first-order valence-electron chi connectivity index (χ1n) is 17.1. The van der Waals surface area contributed by atoms with Gasteiger partial charge in [0.25, 0.3) is 0 Å². The molecule has 4 aromatic rings. The van der Waals surface area contributed by atoms with Gasteiger partial charge in [0.05, 0.1) is 48.8 Å². The molecule has 0 amide bonds. The van der Waals surface area contributed by atoms with Crippen LogP contribution in [0.2, 0.25) is 0 Å². The molecule has 2 heterocycles. The van der Waals surface area contributed by atoms with E-state index in [9.17, 15) is 32.7 Å². The van der Waals surface area contributed by atoms with E-state index in [-0.39, 0.29) is 59.7 Å². The number of aromatic nitrogens is 3. The molecule has 2 atom stereocenters. The summed E-state index contributed by atoms with van der Waals surface area (Å²) in [5.41, 5.74) is -1.58. The number of phosphoric ester groups is 1. The van der Waals surface area contributed by atoms with Crippen molar-refractivity contribution < 1.29 is 60.6 Å². The molecule has 300 valence electrons. The first-order chi connectivity index (χ1) is 27.2. The van der Waals surface area contributed by atoms with Crippen LogP contribution in [0.15, 0.2) is 85.5 Å². The van der Waals surface area contributed by atoms with E-state index in [0.29, 0.717) is 6.07 Å². The van der Waals surface area contributed by atoms with Crippen molar-refractivity contribution in [2.24, 2.45) is 0 Å². The normalized spacial score (nSPS) is 17.6. The Labute approximate surface area is 329 Å². The summed E-state index contributed by atoms with van der Waals surface area (Å²) in [6, 6.07) is 12.8. The third kappa shape index (κ3) is 11.9. The molecule has 57 heavy (non-hydrogen) atoms. The number of carbonyl (C=O) groups is 2. The Morgan fingerprint density at radius 2 is 1.86 bits per heavy atom. The van der Waals surface area contributed by atoms with Gasteiger partial charge in [-0.25, -0.2) is 32.2 Å². The van der Waals surface area contributed by atoms with E-state index in [1.54, 1.807) is 25.2 Å². The first kappa shape index (κ1) is 43.0. The van der Waals surface area contributed by atoms with Crippen LogP contribution in [0.3, 0.4) is 0 Å². The lowest BCUT2D eigenvalue weighted by Gasteiger charge is -2.40. The van der Waals surface area contributed by atoms with E-state index < -0.39 is 66.2 Å². The number of nitrogens with zero attached hydrogens (tertiary/aromatic N) is 4. The quantitative estimate of drug-likeness (QED) is 0.0745. The summed E-state index contributed by atoms with van der Waals surface area (Å²) in [5, 5.41) is 11.8. The molecule has 1 aliphatic rings. The van der Waals surface area contributed by atoms with Gasteiger partial charge in [0.1, 0.15) is 36.7 Å². The summed E-state index contributed by atoms with van der Waals surface area (Å²) in [7, 11) is -4.91. The maximum atomic E-state index is 16.0. The summed E-state index contributed by atoms with van der Waals surface area (Å²) < 4.78 is 85.1. The van der Waals surface area contributed by atoms with Crippen molar-refractivity contribution in [2.45, 2.75) is 56.0 Å². The second-order valence-corrected chi connectivity index (χ2v) is 15.4. The van der Waals surface area contributed by atoms with Crippen LogP contribution in [0.5, 0.6) is 0 Å². The van der Waals surface area contributed by atoms with Crippen molar-refractivity contribution in [2.75, 3.05) is 13.2 Å². The van der Waals surface area contributed by atoms with Gasteiger partial charge in [0, 0.05) is 34.9 Å². The Balaban J connectivity index is 1.42. The molecule has 1 fully saturated rings. The average Bonchev–Trinajstić information content (AvgIpc) is 3.68. The largest absolute Gasteiger partial charge is 0.469 e. The lowest BCUT2D eigenvalue weighted by atomic mass is 9.89. The van der Waals surface area contributed by atoms with E-state index in [0.717, 1.165) is 25.1 Å². The Bertz CT molecular complexity index is 2210. The Morgan fingerprint density at radius 3 is 2.51 bits per heavy atom. The van der Waals surface area contributed by atoms with Crippen molar-refractivity contribution in [3.05, 3.63) is 136 Å². The van der Waals surface area contributed by atoms with Crippen molar-refractivity contribution in [3.63, 3.8) is 0 Å². The summed E-state index contributed by atoms with van der Waals surface area (Å²) in [6.07, 6.45) is 8.11. The molecule has 1 saturated heterocycles. The minimum Gasteiger partial charge on any atom is -0.461 e. The minimum absolute atomic E-state index is 0.130. The molecule has 3 aromatic carbocycles. The SMILES string of the molecule is CC(=O)OCc1ccc(COP(=O)(O)O)cc1C(=O)O[C@@](Cn1cncn1)(c1ccc(F)cc1F)[C@@H](C)SC1COC(/C=C/C=C/c2ccc(C#N)cc2F)OC1. The monoisotopic (exact) mass is 828 g/mol. The zero-order valence-corrected chi connectivity index (χ0v) is 32.1. The molecule has 14 nitrogen and oxygen atoms in total. The van der Waals surface area contributed by atoms with Gasteiger partial charge >= 0.3 is 19.8 Å². The van der Waals surface area contributed by atoms with Gasteiger partial charge in [-0.1, -0.05) is 36.4 Å². The van der Waals surface area contributed by atoms with E-state index in [4.69, 9.17) is 24.2 Å². The Kier molecular flexibility index (Phi) is 14.6. The molecule has 1 aliphatic heterocycles. The van der Waals surface area contributed by atoms with Crippen LogP contribution in [-0.2, 0) is 58.2 Å². The van der Waals surface area contributed by atoms with E-state index >= 15 is 4.39 Å². The number of ether oxygens (including phenoxy) is 4. The van der Waals surface area contributed by atoms with E-state index in [2.05, 4.69) is 14.6 Å². The van der Waals surface area contributed by atoms with E-state index in [1.807, 2.05) is 6.07 Å². The molecule has 0 saturated carbocycles. The first-order valence-corrected chi connectivity index (χ1v) is 19.5. The third-order valence-electron chi connectivity index (χ3n) is 8.48. The average molecular weight is 829 g/mol. The minimum atomic E-state index is -4.91. The van der Waals surface area contributed by atoms with Gasteiger partial charge in [-0.05, 0) is 48.9 Å². The van der Waals surface area contributed by atoms with Crippen molar-refractivity contribution >= 4 is 37.6 Å². The standard InChI is InChI=1S/C38H36F3N4O10PS/c1-24(57-31-19-52-36(53-20-31)6-4-3-5-28-9-7-26(16-42)14-34(28)40)38(21-45-23-43-22-44-45,33-12-11-30(39)15-35(33)41)55-37(47)32-13-27(17-54-56(48,49)50)8-10-29(32)18-51-25(2)46/h3-15,22-24,31,36H,17-21H2,1-2H3,(H2,48,49,50)/b5-3+,6-4+/t24-,31?,36?,38-/m1/s1. The second-order valence-electron chi connectivity index (χ2n) is 12.6. The molecule has 0 aliphatic carbocycles. The molecule has 0 unspecified atom stereocenters. The molecule has 1 aromatic heterocycles. The predicted octanol–water partition coefficient (Wildman–Crippen LogP) is 6.12. The van der Waals surface area contributed by atoms with Gasteiger partial charge in [-0.2, -0.15) is 10.4 Å². The maximum Gasteiger partial charge on any atom is 0.469 e. The molecule has 0 radical (unpaired) electrons. The number of carbonyl (C=O) groups excluding carboxylic acids is 2. The molecular weight excluding hydrogens is 792 g/mol. The highest BCUT2D eigenvalue weighted by Gasteiger charge is 2.47. The van der Waals surface area contributed by atoms with Crippen molar-refractivity contribution in [3.8, 4) is 6.07 Å². The van der Waals surface area contributed by atoms with Crippen LogP contribution in [-0.4, -0.2) is 66.5 Å². The third-order valence-corrected chi connectivity index (χ3v) is 10.4. The van der Waals surface area contributed by atoms with Crippen LogP contribution >= 0.6 is 19.6 Å². The smallest absolute Gasteiger partial charge is 0.461 e. The highest BCUT2D eigenvalue weighted by Crippen LogP contribution is 2.43. The number of phosphoric acid groups is 1. The zero-order chi connectivity index (χ0) is 41.2. The lowest BCUT2D eigenvalue weighted by Crippen LogP contribution is -2.47. The van der Waals surface area contributed by atoms with Gasteiger partial charge in [0.15, 0.2) is 11.9 Å². The predicted molar refractivity (Wildman–Crippen MR) is 198 cm³/mol. The number of allylic oxidation sites excluding steroid dienone is 2. The molecule has 0 bridgehead atoms. The highest BCUT2D eigenvalue weighted by molar-refractivity contribution is 8.00. The van der Waals surface area contributed by atoms with Gasteiger partial charge < -0.3 is 28.7 Å². The molecule has 19 heteroatoms. The van der Waals surface area contributed by atoms with Crippen LogP contribution in [0.25, 0.3) is 6.08 Å². The van der Waals surface area contributed by atoms with E-state index in [1.165, 1.54) is 65.5 Å². The van der Waals surface area contributed by atoms with Crippen LogP contribution in [0.4, 0.5) is 13.2 Å².